The molecule has 0 aromatic rings. The molecule has 2 aliphatic carbocycles. The third-order valence-corrected chi connectivity index (χ3v) is 7.18. The second-order valence-corrected chi connectivity index (χ2v) is 9.80. The fourth-order valence-electron chi connectivity index (χ4n) is 5.33. The largest absolute Gasteiger partial charge is 0.478 e. The van der Waals surface area contributed by atoms with Crippen LogP contribution in [0.25, 0.3) is 0 Å². The van der Waals surface area contributed by atoms with Gasteiger partial charge in [-0.2, -0.15) is 0 Å². The van der Waals surface area contributed by atoms with E-state index in [1.54, 1.807) is 37.5 Å². The molecule has 6 nitrogen and oxygen atoms in total. The molecule has 1 spiro atoms. The molecule has 6 atom stereocenters. The monoisotopic (exact) mass is 456 g/mol. The fourth-order valence-corrected chi connectivity index (χ4v) is 5.33. The van der Waals surface area contributed by atoms with Gasteiger partial charge in [0.1, 0.15) is 12.2 Å². The highest BCUT2D eigenvalue weighted by Crippen LogP contribution is 2.68. The number of esters is 1. The van der Waals surface area contributed by atoms with Crippen molar-refractivity contribution in [1.82, 2.24) is 0 Å². The molecule has 1 aliphatic heterocycles. The van der Waals surface area contributed by atoms with Crippen molar-refractivity contribution >= 4 is 11.9 Å². The molecule has 0 aromatic carbocycles. The van der Waals surface area contributed by atoms with Crippen LogP contribution in [0.2, 0.25) is 0 Å². The van der Waals surface area contributed by atoms with Crippen LogP contribution in [0.4, 0.5) is 0 Å². The predicted molar refractivity (Wildman–Crippen MR) is 127 cm³/mol. The van der Waals surface area contributed by atoms with Crippen molar-refractivity contribution in [3.8, 4) is 0 Å². The zero-order chi connectivity index (χ0) is 24.1. The molecule has 2 unspecified atom stereocenters. The molecule has 2 saturated carbocycles. The van der Waals surface area contributed by atoms with Crippen LogP contribution in [0, 0.1) is 17.3 Å². The molecule has 3 rings (SSSR count). The Morgan fingerprint density at radius 1 is 1.09 bits per heavy atom. The van der Waals surface area contributed by atoms with Crippen LogP contribution < -0.4 is 0 Å². The van der Waals surface area contributed by atoms with Crippen molar-refractivity contribution in [3.63, 3.8) is 0 Å². The Bertz CT molecular complexity index is 871. The fraction of sp³-hybridized carbons (Fsp3) is 0.556. The molecule has 1 saturated heterocycles. The first-order chi connectivity index (χ1) is 15.7. The van der Waals surface area contributed by atoms with Gasteiger partial charge < -0.3 is 19.3 Å². The van der Waals surface area contributed by atoms with Crippen molar-refractivity contribution in [2.24, 2.45) is 17.3 Å². The van der Waals surface area contributed by atoms with Crippen LogP contribution in [0.15, 0.2) is 60.3 Å². The first-order valence-corrected chi connectivity index (χ1v) is 11.6. The number of methoxy groups -OCH3 is 1. The van der Waals surface area contributed by atoms with E-state index in [9.17, 15) is 9.59 Å². The van der Waals surface area contributed by atoms with Gasteiger partial charge in [-0.3, -0.25) is 0 Å². The summed E-state index contributed by atoms with van der Waals surface area (Å²) in [7, 11) is 1.71. The Morgan fingerprint density at radius 2 is 1.73 bits per heavy atom. The number of hydrogen-bond acceptors (Lipinski definition) is 5. The Kier molecular flexibility index (Phi) is 8.14. The van der Waals surface area contributed by atoms with Crippen molar-refractivity contribution in [1.29, 1.82) is 0 Å². The quantitative estimate of drug-likeness (QED) is 0.167. The van der Waals surface area contributed by atoms with Crippen molar-refractivity contribution < 1.29 is 28.9 Å². The minimum absolute atomic E-state index is 0.127. The molecule has 180 valence electrons. The molecule has 1 N–H and O–H groups in total. The Labute approximate surface area is 196 Å². The van der Waals surface area contributed by atoms with Crippen LogP contribution in [0.5, 0.6) is 0 Å². The summed E-state index contributed by atoms with van der Waals surface area (Å²) in [5.74, 6) is -0.572. The van der Waals surface area contributed by atoms with Crippen LogP contribution in [-0.2, 0) is 23.8 Å². The highest BCUT2D eigenvalue weighted by atomic mass is 16.6. The maximum absolute atomic E-state index is 12.4. The van der Waals surface area contributed by atoms with Gasteiger partial charge in [0.05, 0.1) is 12.2 Å². The van der Waals surface area contributed by atoms with Crippen LogP contribution in [0.3, 0.4) is 0 Å². The lowest BCUT2D eigenvalue weighted by Gasteiger charge is -2.44. The van der Waals surface area contributed by atoms with E-state index in [1.807, 2.05) is 0 Å². The van der Waals surface area contributed by atoms with E-state index in [0.717, 1.165) is 38.4 Å². The first kappa shape index (κ1) is 25.2. The zero-order valence-corrected chi connectivity index (χ0v) is 20.0. The number of rotatable bonds is 10. The van der Waals surface area contributed by atoms with E-state index in [4.69, 9.17) is 19.3 Å². The van der Waals surface area contributed by atoms with E-state index in [0.29, 0.717) is 5.92 Å². The molecular weight excluding hydrogens is 420 g/mol. The number of allylic oxidation sites excluding steroid dienone is 8. The van der Waals surface area contributed by atoms with E-state index in [-0.39, 0.29) is 29.1 Å². The normalized spacial score (nSPS) is 35.6. The molecule has 0 aromatic heterocycles. The van der Waals surface area contributed by atoms with Gasteiger partial charge in [-0.25, -0.2) is 9.59 Å². The van der Waals surface area contributed by atoms with Gasteiger partial charge in [0, 0.05) is 25.2 Å². The summed E-state index contributed by atoms with van der Waals surface area (Å²) in [5.41, 5.74) is 1.35. The summed E-state index contributed by atoms with van der Waals surface area (Å²) >= 11 is 0. The maximum atomic E-state index is 12.4. The smallest absolute Gasteiger partial charge is 0.331 e. The summed E-state index contributed by atoms with van der Waals surface area (Å²) < 4.78 is 17.8. The lowest BCUT2D eigenvalue weighted by Crippen LogP contribution is -2.53. The number of carboxylic acids is 1. The van der Waals surface area contributed by atoms with Crippen LogP contribution in [0.1, 0.15) is 46.5 Å². The number of carboxylic acid groups (broad SMARTS) is 1. The number of carbonyl (C=O) groups is 2. The Morgan fingerprint density at radius 3 is 2.30 bits per heavy atom. The summed E-state index contributed by atoms with van der Waals surface area (Å²) in [5, 5.41) is 8.52. The molecule has 6 heteroatoms. The summed E-state index contributed by atoms with van der Waals surface area (Å²) in [6.45, 7) is 7.37. The predicted octanol–water partition coefficient (Wildman–Crippen LogP) is 4.78. The third-order valence-electron chi connectivity index (χ3n) is 7.18. The highest BCUT2D eigenvalue weighted by molar-refractivity contribution is 5.82. The van der Waals surface area contributed by atoms with E-state index in [1.165, 1.54) is 17.7 Å². The van der Waals surface area contributed by atoms with Gasteiger partial charge in [0.2, 0.25) is 0 Å². The summed E-state index contributed by atoms with van der Waals surface area (Å²) in [6, 6.07) is 0. The van der Waals surface area contributed by atoms with Gasteiger partial charge >= 0.3 is 11.9 Å². The molecule has 0 bridgehead atoms. The zero-order valence-electron chi connectivity index (χ0n) is 20.0. The third kappa shape index (κ3) is 6.33. The standard InChI is InChI=1S/C27H36O6/c1-19(2)13-14-20-17-26(20,3)25-24(31-4)21(15-16-27(25)18-32-27)33-23(30)12-10-8-6-5-7-9-11-22(28)29/h5-13,20-21,24-25H,14-18H2,1-4H3,(H,28,29)/b7-5+,8-6+,11-9+,12-10+/t20?,21-,24-,25-,26+,27?/m1/s1. The van der Waals surface area contributed by atoms with Gasteiger partial charge in [-0.05, 0) is 50.9 Å². The van der Waals surface area contributed by atoms with Gasteiger partial charge in [-0.1, -0.05) is 55.0 Å². The lowest BCUT2D eigenvalue weighted by atomic mass is 9.67. The van der Waals surface area contributed by atoms with Crippen LogP contribution in [-0.4, -0.2) is 48.6 Å². The van der Waals surface area contributed by atoms with Crippen molar-refractivity contribution in [2.45, 2.75) is 64.3 Å². The number of carbonyl (C=O) groups excluding carboxylic acids is 1. The Balaban J connectivity index is 1.59. The Hall–Kier alpha value is -2.44. The second kappa shape index (κ2) is 10.7. The van der Waals surface area contributed by atoms with Crippen molar-refractivity contribution in [2.75, 3.05) is 13.7 Å². The van der Waals surface area contributed by atoms with E-state index in [2.05, 4.69) is 26.8 Å². The average Bonchev–Trinajstić information content (AvgIpc) is 3.67. The molecule has 0 amide bonds. The summed E-state index contributed by atoms with van der Waals surface area (Å²) in [6.07, 6.45) is 17.8. The van der Waals surface area contributed by atoms with Gasteiger partial charge in [0.15, 0.2) is 0 Å². The molecule has 0 radical (unpaired) electrons. The highest BCUT2D eigenvalue weighted by Gasteiger charge is 2.70. The van der Waals surface area contributed by atoms with Crippen molar-refractivity contribution in [3.05, 3.63) is 60.3 Å². The average molecular weight is 457 g/mol. The molecular formula is C27H36O6. The molecule has 3 aliphatic rings. The number of epoxide rings is 1. The van der Waals surface area contributed by atoms with E-state index < -0.39 is 11.9 Å². The van der Waals surface area contributed by atoms with Gasteiger partial charge in [0.25, 0.3) is 0 Å². The van der Waals surface area contributed by atoms with E-state index >= 15 is 0 Å². The SMILES string of the molecule is CO[C@@H]1[C@H](OC(=O)/C=C/C=C/C=C/C=C/C(=O)O)CCC2(CO2)[C@H]1[C@@]1(C)CC1CC=C(C)C. The molecule has 33 heavy (non-hydrogen) atoms. The van der Waals surface area contributed by atoms with Crippen LogP contribution >= 0.6 is 0 Å². The second-order valence-electron chi connectivity index (χ2n) is 9.80. The maximum Gasteiger partial charge on any atom is 0.331 e. The molecule has 1 heterocycles. The topological polar surface area (TPSA) is 85.4 Å². The molecule has 3 fully saturated rings. The summed E-state index contributed by atoms with van der Waals surface area (Å²) in [4.78, 5) is 22.8. The first-order valence-electron chi connectivity index (χ1n) is 11.6. The minimum atomic E-state index is -0.996. The minimum Gasteiger partial charge on any atom is -0.478 e. The lowest BCUT2D eigenvalue weighted by molar-refractivity contribution is -0.167. The number of aliphatic carboxylic acids is 1. The van der Waals surface area contributed by atoms with Gasteiger partial charge in [-0.15, -0.1) is 0 Å². The number of ether oxygens (including phenoxy) is 3. The number of hydrogen-bond donors (Lipinski definition) is 1.